The van der Waals surface area contributed by atoms with E-state index in [1.54, 1.807) is 19.3 Å². The maximum Gasteiger partial charge on any atom is 0.335 e. The Kier molecular flexibility index (Phi) is 4.74. The van der Waals surface area contributed by atoms with Crippen molar-refractivity contribution in [2.45, 2.75) is 36.6 Å². The maximum absolute atomic E-state index is 11.1. The molecule has 0 aliphatic carbocycles. The zero-order valence-corrected chi connectivity index (χ0v) is 12.3. The summed E-state index contributed by atoms with van der Waals surface area (Å²) in [5, 5.41) is 9.97. The molecular weight excluding hydrogens is 272 g/mol. The van der Waals surface area contributed by atoms with Gasteiger partial charge in [-0.05, 0) is 37.1 Å². The first kappa shape index (κ1) is 14.5. The average Bonchev–Trinajstić information content (AvgIpc) is 2.41. The third kappa shape index (κ3) is 3.57. The molecule has 0 bridgehead atoms. The third-order valence-corrected chi connectivity index (χ3v) is 3.79. The highest BCUT2D eigenvalue weighted by Gasteiger charge is 2.09. The molecule has 1 heterocycles. The molecule has 0 amide bonds. The number of carbonyl (C=O) groups is 1. The standard InChI is InChI=1S/C15H16N2O2S/c1-3-4-11-7-14(17-9-16-11)20-12-6-5-10(2)13(8-12)15(18)19/h5-9H,3-4H2,1-2H3,(H,18,19). The minimum atomic E-state index is -0.903. The van der Waals surface area contributed by atoms with Crippen LogP contribution >= 0.6 is 11.8 Å². The van der Waals surface area contributed by atoms with Gasteiger partial charge in [0.15, 0.2) is 0 Å². The van der Waals surface area contributed by atoms with E-state index in [4.69, 9.17) is 5.11 Å². The molecule has 0 aliphatic heterocycles. The summed E-state index contributed by atoms with van der Waals surface area (Å²) < 4.78 is 0. The first-order valence-electron chi connectivity index (χ1n) is 6.43. The van der Waals surface area contributed by atoms with Gasteiger partial charge in [-0.25, -0.2) is 14.8 Å². The molecule has 1 aromatic heterocycles. The number of aromatic carboxylic acids is 1. The molecule has 0 fully saturated rings. The van der Waals surface area contributed by atoms with Gasteiger partial charge in [-0.1, -0.05) is 31.2 Å². The van der Waals surface area contributed by atoms with Crippen LogP contribution in [-0.2, 0) is 6.42 Å². The van der Waals surface area contributed by atoms with Crippen molar-refractivity contribution in [3.05, 3.63) is 47.4 Å². The Morgan fingerprint density at radius 1 is 1.30 bits per heavy atom. The summed E-state index contributed by atoms with van der Waals surface area (Å²) in [5.41, 5.74) is 2.10. The monoisotopic (exact) mass is 288 g/mol. The lowest BCUT2D eigenvalue weighted by atomic mass is 10.1. The van der Waals surface area contributed by atoms with Crippen molar-refractivity contribution in [2.24, 2.45) is 0 Å². The second-order valence-corrected chi connectivity index (χ2v) is 5.58. The minimum absolute atomic E-state index is 0.331. The largest absolute Gasteiger partial charge is 0.478 e. The molecule has 104 valence electrons. The number of aromatic nitrogens is 2. The lowest BCUT2D eigenvalue weighted by Gasteiger charge is -2.06. The maximum atomic E-state index is 11.1. The van der Waals surface area contributed by atoms with Crippen LogP contribution in [0.4, 0.5) is 0 Å². The summed E-state index contributed by atoms with van der Waals surface area (Å²) >= 11 is 1.45. The topological polar surface area (TPSA) is 63.1 Å². The van der Waals surface area contributed by atoms with Crippen LogP contribution in [0, 0.1) is 6.92 Å². The zero-order chi connectivity index (χ0) is 14.5. The lowest BCUT2D eigenvalue weighted by molar-refractivity contribution is 0.0696. The molecular formula is C15H16N2O2S. The second-order valence-electron chi connectivity index (χ2n) is 4.48. The van der Waals surface area contributed by atoms with E-state index >= 15 is 0 Å². The summed E-state index contributed by atoms with van der Waals surface area (Å²) in [4.78, 5) is 20.4. The van der Waals surface area contributed by atoms with Gasteiger partial charge in [-0.15, -0.1) is 0 Å². The van der Waals surface area contributed by atoms with Crippen molar-refractivity contribution in [3.8, 4) is 0 Å². The first-order chi connectivity index (χ1) is 9.60. The van der Waals surface area contributed by atoms with E-state index in [2.05, 4.69) is 16.9 Å². The molecule has 2 aromatic rings. The smallest absolute Gasteiger partial charge is 0.335 e. The van der Waals surface area contributed by atoms with Crippen LogP contribution in [-0.4, -0.2) is 21.0 Å². The van der Waals surface area contributed by atoms with E-state index in [-0.39, 0.29) is 0 Å². The number of aryl methyl sites for hydroxylation is 2. The Morgan fingerprint density at radius 2 is 2.10 bits per heavy atom. The Bertz CT molecular complexity index is 629. The Hall–Kier alpha value is -1.88. The third-order valence-electron chi connectivity index (χ3n) is 2.87. The molecule has 1 aromatic carbocycles. The van der Waals surface area contributed by atoms with Crippen molar-refractivity contribution in [3.63, 3.8) is 0 Å². The number of hydrogen-bond acceptors (Lipinski definition) is 4. The predicted octanol–water partition coefficient (Wildman–Crippen LogP) is 3.59. The van der Waals surface area contributed by atoms with Crippen molar-refractivity contribution >= 4 is 17.7 Å². The van der Waals surface area contributed by atoms with Gasteiger partial charge in [0.25, 0.3) is 0 Å². The van der Waals surface area contributed by atoms with E-state index in [0.717, 1.165) is 34.0 Å². The van der Waals surface area contributed by atoms with Crippen LogP contribution in [0.5, 0.6) is 0 Å². The van der Waals surface area contributed by atoms with Crippen molar-refractivity contribution in [1.82, 2.24) is 9.97 Å². The fourth-order valence-corrected chi connectivity index (χ4v) is 2.69. The zero-order valence-electron chi connectivity index (χ0n) is 11.5. The number of benzene rings is 1. The molecule has 0 radical (unpaired) electrons. The molecule has 0 saturated carbocycles. The fraction of sp³-hybridized carbons (Fsp3) is 0.267. The van der Waals surface area contributed by atoms with Gasteiger partial charge in [-0.2, -0.15) is 0 Å². The number of hydrogen-bond donors (Lipinski definition) is 1. The van der Waals surface area contributed by atoms with Crippen molar-refractivity contribution in [1.29, 1.82) is 0 Å². The minimum Gasteiger partial charge on any atom is -0.478 e. The molecule has 0 atom stereocenters. The van der Waals surface area contributed by atoms with Crippen molar-refractivity contribution in [2.75, 3.05) is 0 Å². The van der Waals surface area contributed by atoms with Crippen molar-refractivity contribution < 1.29 is 9.90 Å². The van der Waals surface area contributed by atoms with Gasteiger partial charge < -0.3 is 5.11 Å². The molecule has 4 nitrogen and oxygen atoms in total. The lowest BCUT2D eigenvalue weighted by Crippen LogP contribution is -1.99. The van der Waals surface area contributed by atoms with E-state index in [1.807, 2.05) is 18.2 Å². The van der Waals surface area contributed by atoms with Crippen LogP contribution in [0.2, 0.25) is 0 Å². The van der Waals surface area contributed by atoms with E-state index in [9.17, 15) is 4.79 Å². The Balaban J connectivity index is 2.23. The highest BCUT2D eigenvalue weighted by Crippen LogP contribution is 2.28. The predicted molar refractivity (Wildman–Crippen MR) is 78.3 cm³/mol. The molecule has 0 aliphatic rings. The van der Waals surface area contributed by atoms with Crippen LogP contribution in [0.15, 0.2) is 40.5 Å². The Labute approximate surface area is 122 Å². The molecule has 0 unspecified atom stereocenters. The van der Waals surface area contributed by atoms with E-state index in [0.29, 0.717) is 5.56 Å². The molecule has 20 heavy (non-hydrogen) atoms. The van der Waals surface area contributed by atoms with Gasteiger partial charge >= 0.3 is 5.97 Å². The van der Waals surface area contributed by atoms with Gasteiger partial charge in [0.2, 0.25) is 0 Å². The quantitative estimate of drug-likeness (QED) is 0.852. The highest BCUT2D eigenvalue weighted by atomic mass is 32.2. The van der Waals surface area contributed by atoms with Gasteiger partial charge in [-0.3, -0.25) is 0 Å². The second kappa shape index (κ2) is 6.52. The van der Waals surface area contributed by atoms with E-state index < -0.39 is 5.97 Å². The number of nitrogens with zero attached hydrogens (tertiary/aromatic N) is 2. The van der Waals surface area contributed by atoms with Gasteiger partial charge in [0.1, 0.15) is 11.4 Å². The molecule has 1 N–H and O–H groups in total. The summed E-state index contributed by atoms with van der Waals surface area (Å²) in [5.74, 6) is -0.903. The summed E-state index contributed by atoms with van der Waals surface area (Å²) in [6.45, 7) is 3.90. The molecule has 0 spiro atoms. The van der Waals surface area contributed by atoms with Crippen LogP contribution < -0.4 is 0 Å². The van der Waals surface area contributed by atoms with E-state index in [1.165, 1.54) is 11.8 Å². The summed E-state index contributed by atoms with van der Waals surface area (Å²) in [6, 6.07) is 7.37. The highest BCUT2D eigenvalue weighted by molar-refractivity contribution is 7.99. The number of carboxylic acid groups (broad SMARTS) is 1. The van der Waals surface area contributed by atoms with Crippen LogP contribution in [0.3, 0.4) is 0 Å². The SMILES string of the molecule is CCCc1cc(Sc2ccc(C)c(C(=O)O)c2)ncn1. The summed E-state index contributed by atoms with van der Waals surface area (Å²) in [7, 11) is 0. The molecule has 0 saturated heterocycles. The molecule has 2 rings (SSSR count). The average molecular weight is 288 g/mol. The van der Waals surface area contributed by atoms with Crippen LogP contribution in [0.1, 0.15) is 35.0 Å². The fourth-order valence-electron chi connectivity index (χ4n) is 1.84. The molecule has 5 heteroatoms. The van der Waals surface area contributed by atoms with Gasteiger partial charge in [0, 0.05) is 10.6 Å². The Morgan fingerprint density at radius 3 is 2.80 bits per heavy atom. The van der Waals surface area contributed by atoms with Crippen LogP contribution in [0.25, 0.3) is 0 Å². The number of rotatable bonds is 5. The van der Waals surface area contributed by atoms with Gasteiger partial charge in [0.05, 0.1) is 5.56 Å². The first-order valence-corrected chi connectivity index (χ1v) is 7.24. The normalized spacial score (nSPS) is 10.5. The summed E-state index contributed by atoms with van der Waals surface area (Å²) in [6.07, 6.45) is 3.51. The number of carboxylic acids is 1.